The van der Waals surface area contributed by atoms with Crippen molar-refractivity contribution in [1.29, 1.82) is 0 Å². The van der Waals surface area contributed by atoms with Crippen molar-refractivity contribution in [2.45, 2.75) is 70.5 Å². The molecule has 4 aliphatic carbocycles. The van der Waals surface area contributed by atoms with E-state index in [9.17, 15) is 24.3 Å². The quantitative estimate of drug-likeness (QED) is 0.539. The average molecular weight is 475 g/mol. The Labute approximate surface area is 199 Å². The Kier molecular flexibility index (Phi) is 6.36. The topological polar surface area (TPSA) is 127 Å². The number of aliphatic carboxylic acids is 1. The molecule has 0 saturated heterocycles. The lowest BCUT2D eigenvalue weighted by atomic mass is 9.46. The van der Waals surface area contributed by atoms with Crippen LogP contribution < -0.4 is 0 Å². The van der Waals surface area contributed by atoms with Crippen molar-refractivity contribution in [2.75, 3.05) is 13.7 Å². The maximum atomic E-state index is 13.4. The first kappa shape index (κ1) is 24.8. The molecule has 3 fully saturated rings. The standard InChI is InChI=1S/C26H34O8/c1-24-10-8-16(27)12-15(24)4-5-17-18-9-11-26(33-3,25(18,2)13-19(28)23(17)24)20(29)14-34-22(32)7-6-21(30)31/h8,10,12,17-19,23,28H,4-7,9,11,13-14H2,1-3H3,(H,30,31)/t17?,18?,19?,23?,24?,25?,26-/m0/s1. The van der Waals surface area contributed by atoms with Gasteiger partial charge in [-0.2, -0.15) is 0 Å². The highest BCUT2D eigenvalue weighted by Crippen LogP contribution is 2.67. The molecule has 8 nitrogen and oxygen atoms in total. The summed E-state index contributed by atoms with van der Waals surface area (Å²) >= 11 is 0. The summed E-state index contributed by atoms with van der Waals surface area (Å²) in [5.74, 6) is -1.95. The van der Waals surface area contributed by atoms with Crippen LogP contribution in [0.15, 0.2) is 23.8 Å². The average Bonchev–Trinajstić information content (AvgIpc) is 3.08. The summed E-state index contributed by atoms with van der Waals surface area (Å²) < 4.78 is 11.0. The number of carboxylic acids is 1. The Morgan fingerprint density at radius 1 is 1.18 bits per heavy atom. The molecule has 0 aliphatic heterocycles. The van der Waals surface area contributed by atoms with E-state index in [0.717, 1.165) is 24.8 Å². The molecule has 3 saturated carbocycles. The molecular formula is C26H34O8. The van der Waals surface area contributed by atoms with Crippen LogP contribution in [0, 0.1) is 28.6 Å². The minimum Gasteiger partial charge on any atom is -0.481 e. The highest BCUT2D eigenvalue weighted by atomic mass is 16.5. The minimum absolute atomic E-state index is 0.0103. The van der Waals surface area contributed by atoms with Crippen molar-refractivity contribution in [1.82, 2.24) is 0 Å². The Bertz CT molecular complexity index is 966. The Hall–Kier alpha value is -2.32. The number of fused-ring (bicyclic) bond motifs is 5. The van der Waals surface area contributed by atoms with Gasteiger partial charge in [-0.15, -0.1) is 0 Å². The van der Waals surface area contributed by atoms with E-state index in [1.54, 1.807) is 12.2 Å². The molecule has 0 spiro atoms. The number of carboxylic acid groups (broad SMARTS) is 1. The number of carbonyl (C=O) groups is 4. The zero-order valence-electron chi connectivity index (χ0n) is 20.0. The molecule has 0 aromatic rings. The number of hydrogen-bond acceptors (Lipinski definition) is 7. The number of Topliss-reactive ketones (excluding diaryl/α,β-unsaturated/α-hetero) is 1. The third-order valence-corrected chi connectivity index (χ3v) is 9.32. The van der Waals surface area contributed by atoms with Crippen LogP contribution in [0.4, 0.5) is 0 Å². The molecule has 4 aliphatic rings. The maximum Gasteiger partial charge on any atom is 0.306 e. The van der Waals surface area contributed by atoms with Gasteiger partial charge >= 0.3 is 11.9 Å². The zero-order valence-corrected chi connectivity index (χ0v) is 20.0. The van der Waals surface area contributed by atoms with Gasteiger partial charge in [-0.1, -0.05) is 25.5 Å². The summed E-state index contributed by atoms with van der Waals surface area (Å²) in [7, 11) is 1.49. The number of ketones is 2. The van der Waals surface area contributed by atoms with Gasteiger partial charge in [0.1, 0.15) is 5.60 Å². The first-order valence-corrected chi connectivity index (χ1v) is 12.1. The monoisotopic (exact) mass is 474 g/mol. The fourth-order valence-corrected chi connectivity index (χ4v) is 7.76. The van der Waals surface area contributed by atoms with Gasteiger partial charge in [0.15, 0.2) is 12.4 Å². The van der Waals surface area contributed by atoms with Gasteiger partial charge in [0.25, 0.3) is 0 Å². The SMILES string of the molecule is CO[C@]1(C(=O)COC(=O)CCC(=O)O)CCC2C3CCC4=CC(=O)C=CC4(C)C3C(O)CC21C. The summed E-state index contributed by atoms with van der Waals surface area (Å²) in [6.07, 6.45) is 7.15. The van der Waals surface area contributed by atoms with Crippen molar-refractivity contribution in [2.24, 2.45) is 28.6 Å². The van der Waals surface area contributed by atoms with Crippen LogP contribution in [-0.4, -0.2) is 59.1 Å². The minimum atomic E-state index is -1.19. The lowest BCUT2D eigenvalue weighted by molar-refractivity contribution is -0.188. The lowest BCUT2D eigenvalue weighted by Crippen LogP contribution is -2.62. The predicted octanol–water partition coefficient (Wildman–Crippen LogP) is 2.63. The summed E-state index contributed by atoms with van der Waals surface area (Å²) in [5.41, 5.74) is -1.14. The van der Waals surface area contributed by atoms with E-state index in [-0.39, 0.29) is 47.6 Å². The molecule has 0 heterocycles. The Morgan fingerprint density at radius 2 is 1.91 bits per heavy atom. The molecule has 0 amide bonds. The van der Waals surface area contributed by atoms with Crippen LogP contribution in [0.3, 0.4) is 0 Å². The van der Waals surface area contributed by atoms with Crippen LogP contribution in [-0.2, 0) is 28.7 Å². The largest absolute Gasteiger partial charge is 0.481 e. The summed E-state index contributed by atoms with van der Waals surface area (Å²) in [4.78, 5) is 48.0. The number of methoxy groups -OCH3 is 1. The molecule has 0 radical (unpaired) electrons. The number of allylic oxidation sites excluding steroid dienone is 4. The van der Waals surface area contributed by atoms with Crippen LogP contribution in [0.2, 0.25) is 0 Å². The van der Waals surface area contributed by atoms with E-state index in [4.69, 9.17) is 14.6 Å². The van der Waals surface area contributed by atoms with Gasteiger partial charge < -0.3 is 19.7 Å². The molecule has 0 aromatic heterocycles. The number of rotatable bonds is 7. The van der Waals surface area contributed by atoms with Crippen LogP contribution in [0.5, 0.6) is 0 Å². The normalized spacial score (nSPS) is 40.6. The molecule has 8 heteroatoms. The van der Waals surface area contributed by atoms with Crippen LogP contribution in [0.1, 0.15) is 58.8 Å². The first-order chi connectivity index (χ1) is 16.0. The molecular weight excluding hydrogens is 440 g/mol. The van der Waals surface area contributed by atoms with E-state index < -0.39 is 35.7 Å². The smallest absolute Gasteiger partial charge is 0.306 e. The molecule has 186 valence electrons. The predicted molar refractivity (Wildman–Crippen MR) is 121 cm³/mol. The van der Waals surface area contributed by atoms with Gasteiger partial charge in [-0.25, -0.2) is 0 Å². The molecule has 4 rings (SSSR count). The van der Waals surface area contributed by atoms with E-state index in [2.05, 4.69) is 6.92 Å². The van der Waals surface area contributed by atoms with Crippen molar-refractivity contribution < 1.29 is 38.9 Å². The van der Waals surface area contributed by atoms with Gasteiger partial charge in [-0.3, -0.25) is 19.2 Å². The molecule has 6 unspecified atom stereocenters. The van der Waals surface area contributed by atoms with Crippen LogP contribution >= 0.6 is 0 Å². The molecule has 2 N–H and O–H groups in total. The highest BCUT2D eigenvalue weighted by molar-refractivity contribution is 6.01. The van der Waals surface area contributed by atoms with Crippen molar-refractivity contribution >= 4 is 23.5 Å². The number of aliphatic hydroxyl groups excluding tert-OH is 1. The third-order valence-electron chi connectivity index (χ3n) is 9.32. The number of ether oxygens (including phenoxy) is 2. The van der Waals surface area contributed by atoms with Gasteiger partial charge in [0, 0.05) is 23.9 Å². The lowest BCUT2D eigenvalue weighted by Gasteiger charge is -2.60. The molecule has 7 atom stereocenters. The van der Waals surface area contributed by atoms with E-state index >= 15 is 0 Å². The second-order valence-electron chi connectivity index (χ2n) is 10.8. The second kappa shape index (κ2) is 8.72. The maximum absolute atomic E-state index is 13.4. The van der Waals surface area contributed by atoms with Crippen molar-refractivity contribution in [3.63, 3.8) is 0 Å². The second-order valence-corrected chi connectivity index (χ2v) is 10.8. The van der Waals surface area contributed by atoms with Gasteiger partial charge in [0.2, 0.25) is 5.78 Å². The van der Waals surface area contributed by atoms with Gasteiger partial charge in [-0.05, 0) is 56.1 Å². The summed E-state index contributed by atoms with van der Waals surface area (Å²) in [6.45, 7) is 3.63. The van der Waals surface area contributed by atoms with Crippen molar-refractivity contribution in [3.05, 3.63) is 23.8 Å². The third kappa shape index (κ3) is 3.66. The van der Waals surface area contributed by atoms with E-state index in [1.807, 2.05) is 13.0 Å². The number of esters is 1. The molecule has 0 aromatic carbocycles. The fraction of sp³-hybridized carbons (Fsp3) is 0.692. The molecule has 34 heavy (non-hydrogen) atoms. The molecule has 0 bridgehead atoms. The number of hydrogen-bond donors (Lipinski definition) is 2. The summed E-state index contributed by atoms with van der Waals surface area (Å²) in [5, 5.41) is 20.2. The number of carbonyl (C=O) groups excluding carboxylic acids is 3. The first-order valence-electron chi connectivity index (χ1n) is 12.1. The van der Waals surface area contributed by atoms with E-state index in [1.165, 1.54) is 7.11 Å². The van der Waals surface area contributed by atoms with Crippen molar-refractivity contribution in [3.8, 4) is 0 Å². The van der Waals surface area contributed by atoms with E-state index in [0.29, 0.717) is 12.8 Å². The fourth-order valence-electron chi connectivity index (χ4n) is 7.76. The Balaban J connectivity index is 1.57. The Morgan fingerprint density at radius 3 is 2.59 bits per heavy atom. The number of aliphatic hydroxyl groups is 1. The highest BCUT2D eigenvalue weighted by Gasteiger charge is 2.69. The zero-order chi connectivity index (χ0) is 24.9. The van der Waals surface area contributed by atoms with Crippen LogP contribution in [0.25, 0.3) is 0 Å². The van der Waals surface area contributed by atoms with Gasteiger partial charge in [0.05, 0.1) is 18.9 Å². The summed E-state index contributed by atoms with van der Waals surface area (Å²) in [6, 6.07) is 0.